The molecule has 0 aliphatic carbocycles. The third kappa shape index (κ3) is 2.52. The van der Waals surface area contributed by atoms with Crippen molar-refractivity contribution >= 4 is 0 Å². The maximum Gasteiger partial charge on any atom is 0.0450 e. The minimum absolute atomic E-state index is 0.456. The summed E-state index contributed by atoms with van der Waals surface area (Å²) in [6.07, 6.45) is 1.99. The van der Waals surface area contributed by atoms with Gasteiger partial charge in [0, 0.05) is 31.7 Å². The first-order chi connectivity index (χ1) is 7.81. The van der Waals surface area contributed by atoms with Crippen LogP contribution in [0.5, 0.6) is 0 Å². The summed E-state index contributed by atoms with van der Waals surface area (Å²) in [7, 11) is 0. The molecule has 2 unspecified atom stereocenters. The second kappa shape index (κ2) is 5.28. The molecule has 1 aromatic rings. The van der Waals surface area contributed by atoms with E-state index in [4.69, 9.17) is 0 Å². The van der Waals surface area contributed by atoms with E-state index >= 15 is 0 Å². The third-order valence-electron chi connectivity index (χ3n) is 3.27. The predicted molar refractivity (Wildman–Crippen MR) is 68.4 cm³/mol. The van der Waals surface area contributed by atoms with Crippen LogP contribution in [0.15, 0.2) is 43.0 Å². The molecule has 1 aromatic carbocycles. The largest absolute Gasteiger partial charge is 0.307 e. The van der Waals surface area contributed by atoms with Gasteiger partial charge in [0.25, 0.3) is 0 Å². The van der Waals surface area contributed by atoms with Gasteiger partial charge in [-0.3, -0.25) is 4.90 Å². The van der Waals surface area contributed by atoms with E-state index in [0.29, 0.717) is 12.1 Å². The van der Waals surface area contributed by atoms with Gasteiger partial charge in [0.15, 0.2) is 0 Å². The molecule has 1 aliphatic heterocycles. The lowest BCUT2D eigenvalue weighted by atomic mass is 10.0. The summed E-state index contributed by atoms with van der Waals surface area (Å²) in [5.74, 6) is 0. The average Bonchev–Trinajstić information content (AvgIpc) is 2.33. The number of piperazine rings is 1. The maximum atomic E-state index is 3.82. The van der Waals surface area contributed by atoms with Crippen LogP contribution < -0.4 is 5.32 Å². The van der Waals surface area contributed by atoms with Crippen LogP contribution in [0.2, 0.25) is 0 Å². The number of hydrogen-bond donors (Lipinski definition) is 1. The zero-order valence-corrected chi connectivity index (χ0v) is 9.89. The SMILES string of the molecule is C=CCN1CC(c2ccccc2)NCC1C. The molecule has 86 valence electrons. The molecule has 0 spiro atoms. The van der Waals surface area contributed by atoms with Crippen molar-refractivity contribution in [2.75, 3.05) is 19.6 Å². The number of nitrogens with one attached hydrogen (secondary N) is 1. The molecule has 1 aliphatic rings. The van der Waals surface area contributed by atoms with Crippen molar-refractivity contribution in [2.24, 2.45) is 0 Å². The molecule has 2 rings (SSSR count). The Morgan fingerprint density at radius 2 is 2.19 bits per heavy atom. The van der Waals surface area contributed by atoms with Crippen molar-refractivity contribution < 1.29 is 0 Å². The van der Waals surface area contributed by atoms with Crippen molar-refractivity contribution in [1.29, 1.82) is 0 Å². The van der Waals surface area contributed by atoms with E-state index in [9.17, 15) is 0 Å². The highest BCUT2D eigenvalue weighted by atomic mass is 15.2. The minimum atomic E-state index is 0.456. The molecule has 16 heavy (non-hydrogen) atoms. The Kier molecular flexibility index (Phi) is 3.75. The number of rotatable bonds is 3. The smallest absolute Gasteiger partial charge is 0.0450 e. The van der Waals surface area contributed by atoms with Crippen LogP contribution in [0.3, 0.4) is 0 Å². The molecule has 0 aromatic heterocycles. The Bertz CT molecular complexity index is 334. The van der Waals surface area contributed by atoms with Crippen molar-refractivity contribution in [3.05, 3.63) is 48.6 Å². The molecule has 0 amide bonds. The predicted octanol–water partition coefficient (Wildman–Crippen LogP) is 2.21. The van der Waals surface area contributed by atoms with Gasteiger partial charge in [-0.05, 0) is 12.5 Å². The summed E-state index contributed by atoms with van der Waals surface area (Å²) in [5.41, 5.74) is 1.38. The first kappa shape index (κ1) is 11.4. The maximum absolute atomic E-state index is 3.82. The van der Waals surface area contributed by atoms with E-state index in [1.54, 1.807) is 0 Å². The van der Waals surface area contributed by atoms with Gasteiger partial charge >= 0.3 is 0 Å². The van der Waals surface area contributed by atoms with Crippen LogP contribution in [0.1, 0.15) is 18.5 Å². The molecular formula is C14H20N2. The fourth-order valence-electron chi connectivity index (χ4n) is 2.25. The first-order valence-electron chi connectivity index (χ1n) is 5.94. The van der Waals surface area contributed by atoms with Crippen LogP contribution in [-0.2, 0) is 0 Å². The first-order valence-corrected chi connectivity index (χ1v) is 5.94. The molecule has 1 N–H and O–H groups in total. The molecule has 0 radical (unpaired) electrons. The lowest BCUT2D eigenvalue weighted by Gasteiger charge is -2.38. The zero-order valence-electron chi connectivity index (χ0n) is 9.89. The van der Waals surface area contributed by atoms with Crippen molar-refractivity contribution in [3.63, 3.8) is 0 Å². The summed E-state index contributed by atoms with van der Waals surface area (Å²) in [6.45, 7) is 9.18. The Balaban J connectivity index is 2.05. The Labute approximate surface area is 98.0 Å². The highest BCUT2D eigenvalue weighted by molar-refractivity contribution is 5.20. The summed E-state index contributed by atoms with van der Waals surface area (Å²) in [5, 5.41) is 3.60. The van der Waals surface area contributed by atoms with Gasteiger partial charge in [0.05, 0.1) is 0 Å². The summed E-state index contributed by atoms with van der Waals surface area (Å²) >= 11 is 0. The number of nitrogens with zero attached hydrogens (tertiary/aromatic N) is 1. The van der Waals surface area contributed by atoms with E-state index in [0.717, 1.165) is 19.6 Å². The topological polar surface area (TPSA) is 15.3 Å². The third-order valence-corrected chi connectivity index (χ3v) is 3.27. The minimum Gasteiger partial charge on any atom is -0.307 e. The van der Waals surface area contributed by atoms with Crippen LogP contribution in [0, 0.1) is 0 Å². The van der Waals surface area contributed by atoms with Gasteiger partial charge in [0.1, 0.15) is 0 Å². The zero-order chi connectivity index (χ0) is 11.4. The lowest BCUT2D eigenvalue weighted by Crippen LogP contribution is -2.51. The molecule has 1 heterocycles. The number of hydrogen-bond acceptors (Lipinski definition) is 2. The van der Waals surface area contributed by atoms with Gasteiger partial charge in [-0.25, -0.2) is 0 Å². The molecule has 2 atom stereocenters. The van der Waals surface area contributed by atoms with Crippen LogP contribution in [-0.4, -0.2) is 30.6 Å². The summed E-state index contributed by atoms with van der Waals surface area (Å²) in [4.78, 5) is 2.47. The average molecular weight is 216 g/mol. The highest BCUT2D eigenvalue weighted by Gasteiger charge is 2.24. The summed E-state index contributed by atoms with van der Waals surface area (Å²) in [6, 6.07) is 11.7. The normalized spacial score (nSPS) is 26.6. The standard InChI is InChI=1S/C14H20N2/c1-3-9-16-11-14(15-10-12(16)2)13-7-5-4-6-8-13/h3-8,12,14-15H,1,9-11H2,2H3. The molecule has 1 saturated heterocycles. The van der Waals surface area contributed by atoms with Crippen molar-refractivity contribution in [1.82, 2.24) is 10.2 Å². The Morgan fingerprint density at radius 3 is 2.88 bits per heavy atom. The van der Waals surface area contributed by atoms with Gasteiger partial charge in [-0.2, -0.15) is 0 Å². The number of benzene rings is 1. The fourth-order valence-corrected chi connectivity index (χ4v) is 2.25. The highest BCUT2D eigenvalue weighted by Crippen LogP contribution is 2.19. The molecule has 2 heteroatoms. The van der Waals surface area contributed by atoms with Crippen molar-refractivity contribution in [3.8, 4) is 0 Å². The second-order valence-corrected chi connectivity index (χ2v) is 4.46. The fraction of sp³-hybridized carbons (Fsp3) is 0.429. The Morgan fingerprint density at radius 1 is 1.44 bits per heavy atom. The van der Waals surface area contributed by atoms with Gasteiger partial charge in [-0.15, -0.1) is 6.58 Å². The van der Waals surface area contributed by atoms with Gasteiger partial charge in [-0.1, -0.05) is 36.4 Å². The van der Waals surface area contributed by atoms with Crippen LogP contribution in [0.4, 0.5) is 0 Å². The molecule has 0 saturated carbocycles. The van der Waals surface area contributed by atoms with E-state index in [1.165, 1.54) is 5.56 Å². The van der Waals surface area contributed by atoms with Gasteiger partial charge in [0.2, 0.25) is 0 Å². The van der Waals surface area contributed by atoms with E-state index in [1.807, 2.05) is 6.08 Å². The van der Waals surface area contributed by atoms with Crippen LogP contribution >= 0.6 is 0 Å². The Hall–Kier alpha value is -1.12. The quantitative estimate of drug-likeness (QED) is 0.779. The van der Waals surface area contributed by atoms with E-state index in [2.05, 4.69) is 54.1 Å². The molecule has 2 nitrogen and oxygen atoms in total. The van der Waals surface area contributed by atoms with E-state index < -0.39 is 0 Å². The molecule has 0 bridgehead atoms. The molecular weight excluding hydrogens is 196 g/mol. The molecule has 1 fully saturated rings. The monoisotopic (exact) mass is 216 g/mol. The summed E-state index contributed by atoms with van der Waals surface area (Å²) < 4.78 is 0. The van der Waals surface area contributed by atoms with Crippen LogP contribution in [0.25, 0.3) is 0 Å². The lowest BCUT2D eigenvalue weighted by molar-refractivity contribution is 0.157. The van der Waals surface area contributed by atoms with E-state index in [-0.39, 0.29) is 0 Å². The van der Waals surface area contributed by atoms with Crippen molar-refractivity contribution in [2.45, 2.75) is 19.0 Å². The second-order valence-electron chi connectivity index (χ2n) is 4.46. The van der Waals surface area contributed by atoms with Gasteiger partial charge < -0.3 is 5.32 Å².